The maximum Gasteiger partial charge on any atom is 0.411 e. The van der Waals surface area contributed by atoms with E-state index in [2.05, 4.69) is 25.5 Å². The number of anilines is 1. The molecule has 2 N–H and O–H groups in total. The Kier molecular flexibility index (Phi) is 6.47. The number of aromatic amines is 1. The summed E-state index contributed by atoms with van der Waals surface area (Å²) in [5.41, 5.74) is 3.48. The fraction of sp³-hybridized carbons (Fsp3) is 0.0833. The third kappa shape index (κ3) is 4.95. The molecule has 0 atom stereocenters. The fourth-order valence-corrected chi connectivity index (χ4v) is 4.23. The predicted molar refractivity (Wildman–Crippen MR) is 138 cm³/mol. The molecule has 5 aromatic rings. The van der Waals surface area contributed by atoms with E-state index in [1.165, 1.54) is 28.7 Å². The van der Waals surface area contributed by atoms with Crippen molar-refractivity contribution in [2.75, 3.05) is 11.9 Å². The van der Waals surface area contributed by atoms with Crippen molar-refractivity contribution in [1.29, 1.82) is 0 Å². The Labute approximate surface area is 219 Å². The van der Waals surface area contributed by atoms with Crippen LogP contribution in [0.25, 0.3) is 28.1 Å². The van der Waals surface area contributed by atoms with E-state index in [0.717, 1.165) is 4.90 Å². The molecule has 0 aliphatic heterocycles. The van der Waals surface area contributed by atoms with Crippen LogP contribution in [0.3, 0.4) is 0 Å². The van der Waals surface area contributed by atoms with Gasteiger partial charge in [-0.25, -0.2) is 9.78 Å². The Bertz CT molecular complexity index is 1650. The number of hydrogen-bond acceptors (Lipinski definition) is 6. The van der Waals surface area contributed by atoms with Crippen LogP contribution in [0.5, 0.6) is 0 Å². The molecule has 3 aromatic heterocycles. The van der Waals surface area contributed by atoms with E-state index in [-0.39, 0.29) is 12.1 Å². The minimum atomic E-state index is -1.06. The minimum Gasteiger partial charge on any atom is -0.465 e. The molecule has 3 heterocycles. The first-order valence-electron chi connectivity index (χ1n) is 10.9. The van der Waals surface area contributed by atoms with Gasteiger partial charge in [0.2, 0.25) is 0 Å². The average molecular weight is 537 g/mol. The van der Waals surface area contributed by atoms with Crippen LogP contribution in [0, 0.1) is 0 Å². The Morgan fingerprint density at radius 1 is 1.08 bits per heavy atom. The third-order valence-corrected chi connectivity index (χ3v) is 6.21. The summed E-state index contributed by atoms with van der Waals surface area (Å²) < 4.78 is 2.99. The van der Waals surface area contributed by atoms with E-state index in [1.807, 2.05) is 0 Å². The van der Waals surface area contributed by atoms with E-state index in [9.17, 15) is 9.59 Å². The number of imidazole rings is 1. The van der Waals surface area contributed by atoms with Crippen LogP contribution in [0.1, 0.15) is 5.82 Å². The smallest absolute Gasteiger partial charge is 0.411 e. The van der Waals surface area contributed by atoms with Crippen molar-refractivity contribution in [3.8, 4) is 28.1 Å². The van der Waals surface area contributed by atoms with Gasteiger partial charge in [0, 0.05) is 41.1 Å². The second kappa shape index (κ2) is 9.88. The number of aromatic nitrogens is 7. The van der Waals surface area contributed by atoms with Crippen LogP contribution in [0.15, 0.2) is 71.9 Å². The number of nitrogens with zero attached hydrogens (tertiary/aromatic N) is 7. The molecule has 5 rings (SSSR count). The largest absolute Gasteiger partial charge is 0.465 e. The lowest BCUT2D eigenvalue weighted by Crippen LogP contribution is -2.23. The van der Waals surface area contributed by atoms with Gasteiger partial charge >= 0.3 is 6.09 Å². The maximum absolute atomic E-state index is 13.0. The number of carboxylic acid groups (broad SMARTS) is 1. The maximum atomic E-state index is 13.0. The number of H-pyrrole nitrogens is 1. The molecule has 0 aliphatic rings. The molecule has 0 radical (unpaired) electrons. The van der Waals surface area contributed by atoms with Gasteiger partial charge in [0.1, 0.15) is 23.0 Å². The van der Waals surface area contributed by atoms with Gasteiger partial charge < -0.3 is 14.7 Å². The summed E-state index contributed by atoms with van der Waals surface area (Å²) in [5, 5.41) is 21.2. The minimum absolute atomic E-state index is 0.161. The van der Waals surface area contributed by atoms with Crippen molar-refractivity contribution in [2.45, 2.75) is 6.54 Å². The molecule has 0 fully saturated rings. The Morgan fingerprint density at radius 3 is 2.54 bits per heavy atom. The van der Waals surface area contributed by atoms with Crippen molar-refractivity contribution >= 4 is 35.0 Å². The number of hydrogen-bond donors (Lipinski definition) is 2. The number of nitrogens with one attached hydrogen (secondary N) is 1. The third-order valence-electron chi connectivity index (χ3n) is 5.71. The zero-order valence-corrected chi connectivity index (χ0v) is 20.7. The van der Waals surface area contributed by atoms with Gasteiger partial charge in [0.15, 0.2) is 0 Å². The average Bonchev–Trinajstić information content (AvgIpc) is 3.55. The fourth-order valence-electron chi connectivity index (χ4n) is 3.80. The van der Waals surface area contributed by atoms with Gasteiger partial charge in [0.05, 0.1) is 12.2 Å². The molecule has 1 amide bonds. The summed E-state index contributed by atoms with van der Waals surface area (Å²) in [7, 11) is 1.46. The van der Waals surface area contributed by atoms with E-state index in [1.54, 1.807) is 54.7 Å². The predicted octanol–water partition coefficient (Wildman–Crippen LogP) is 4.35. The number of amides is 1. The number of rotatable bonds is 6. The molecular formula is C24H18Cl2N8O3. The summed E-state index contributed by atoms with van der Waals surface area (Å²) in [6, 6.07) is 15.3. The number of tetrazole rings is 1. The zero-order chi connectivity index (χ0) is 26.1. The summed E-state index contributed by atoms with van der Waals surface area (Å²) in [6.07, 6.45) is 2.06. The van der Waals surface area contributed by atoms with E-state index in [0.29, 0.717) is 49.8 Å². The van der Waals surface area contributed by atoms with Gasteiger partial charge in [-0.1, -0.05) is 35.3 Å². The first-order chi connectivity index (χ1) is 17.8. The molecular weight excluding hydrogens is 519 g/mol. The van der Waals surface area contributed by atoms with Crippen molar-refractivity contribution in [2.24, 2.45) is 0 Å². The molecule has 0 aliphatic carbocycles. The Balaban J connectivity index is 1.41. The Hall–Kier alpha value is -4.48. The summed E-state index contributed by atoms with van der Waals surface area (Å²) >= 11 is 12.6. The summed E-state index contributed by atoms with van der Waals surface area (Å²) in [4.78, 5) is 32.8. The van der Waals surface area contributed by atoms with Gasteiger partial charge in [0.25, 0.3) is 5.56 Å². The lowest BCUT2D eigenvalue weighted by atomic mass is 10.0. The first-order valence-corrected chi connectivity index (χ1v) is 11.6. The highest BCUT2D eigenvalue weighted by Gasteiger charge is 2.15. The molecule has 11 nitrogen and oxygen atoms in total. The normalized spacial score (nSPS) is 11.0. The number of benzene rings is 2. The highest BCUT2D eigenvalue weighted by Crippen LogP contribution is 2.29. The SMILES string of the molecule is CN(C(=O)O)c1ccc(-c2nc(Cn3ccc(-c4cc(Cl)ccc4-n4cnnn4)cc3=O)[nH]c2Cl)cc1. The van der Waals surface area contributed by atoms with Crippen LogP contribution < -0.4 is 10.5 Å². The van der Waals surface area contributed by atoms with Crippen molar-refractivity contribution in [3.05, 3.63) is 93.5 Å². The van der Waals surface area contributed by atoms with E-state index < -0.39 is 6.09 Å². The van der Waals surface area contributed by atoms with Gasteiger partial charge in [-0.15, -0.1) is 5.10 Å². The van der Waals surface area contributed by atoms with E-state index >= 15 is 0 Å². The first kappa shape index (κ1) is 24.2. The molecule has 0 unspecified atom stereocenters. The molecule has 0 saturated carbocycles. The molecule has 186 valence electrons. The van der Waals surface area contributed by atoms with Crippen molar-refractivity contribution in [3.63, 3.8) is 0 Å². The summed E-state index contributed by atoms with van der Waals surface area (Å²) in [6.45, 7) is 0.161. The molecule has 0 spiro atoms. The van der Waals surface area contributed by atoms with Crippen LogP contribution in [0.2, 0.25) is 10.2 Å². The van der Waals surface area contributed by atoms with Crippen molar-refractivity contribution in [1.82, 2.24) is 34.7 Å². The van der Waals surface area contributed by atoms with Gasteiger partial charge in [-0.2, -0.15) is 4.68 Å². The topological polar surface area (TPSA) is 135 Å². The van der Waals surface area contributed by atoms with Crippen LogP contribution in [0.4, 0.5) is 10.5 Å². The van der Waals surface area contributed by atoms with Gasteiger partial charge in [-0.3, -0.25) is 9.69 Å². The highest BCUT2D eigenvalue weighted by molar-refractivity contribution is 6.32. The van der Waals surface area contributed by atoms with Gasteiger partial charge in [-0.05, 0) is 52.4 Å². The number of halogens is 2. The monoisotopic (exact) mass is 536 g/mol. The van der Waals surface area contributed by atoms with Crippen LogP contribution in [-0.2, 0) is 6.54 Å². The molecule has 2 aromatic carbocycles. The molecule has 13 heteroatoms. The standard InChI is InChI=1S/C24H18Cl2N8O3/c1-32(24(36)37)17-5-2-14(3-6-17)22-23(26)29-20(28-22)12-33-9-8-15(10-21(33)35)18-11-16(25)4-7-19(18)34-13-27-30-31-34/h2-11,13H,12H2,1H3,(H,28,29)(H,36,37). The van der Waals surface area contributed by atoms with E-state index in [4.69, 9.17) is 28.3 Å². The second-order valence-corrected chi connectivity index (χ2v) is 8.85. The second-order valence-electron chi connectivity index (χ2n) is 8.03. The number of carbonyl (C=O) groups is 1. The van der Waals surface area contributed by atoms with Crippen LogP contribution in [-0.4, -0.2) is 53.0 Å². The summed E-state index contributed by atoms with van der Waals surface area (Å²) in [5.74, 6) is 0.485. The quantitative estimate of drug-likeness (QED) is 0.329. The molecule has 0 bridgehead atoms. The number of pyridine rings is 1. The van der Waals surface area contributed by atoms with Crippen molar-refractivity contribution < 1.29 is 9.90 Å². The zero-order valence-electron chi connectivity index (χ0n) is 19.2. The molecule has 0 saturated heterocycles. The lowest BCUT2D eigenvalue weighted by molar-refractivity contribution is 0.203. The van der Waals surface area contributed by atoms with Crippen LogP contribution >= 0.6 is 23.2 Å². The molecule has 37 heavy (non-hydrogen) atoms. The Morgan fingerprint density at radius 2 is 1.86 bits per heavy atom. The lowest BCUT2D eigenvalue weighted by Gasteiger charge is -2.12. The highest BCUT2D eigenvalue weighted by atomic mass is 35.5.